The molecule has 14 heavy (non-hydrogen) atoms. The van der Waals surface area contributed by atoms with Gasteiger partial charge in [0, 0.05) is 12.5 Å². The number of hydrogen-bond donors (Lipinski definition) is 0. The zero-order valence-electron chi connectivity index (χ0n) is 7.81. The molecule has 3 heteroatoms. The van der Waals surface area contributed by atoms with Crippen molar-refractivity contribution in [1.29, 1.82) is 0 Å². The highest BCUT2D eigenvalue weighted by Crippen LogP contribution is 2.11. The smallest absolute Gasteiger partial charge is 0.162 e. The van der Waals surface area contributed by atoms with E-state index in [1.807, 2.05) is 0 Å². The van der Waals surface area contributed by atoms with Gasteiger partial charge in [-0.15, -0.1) is 0 Å². The molecule has 0 aliphatic heterocycles. The minimum absolute atomic E-state index is 0.0680. The molecule has 1 rings (SSSR count). The minimum Gasteiger partial charge on any atom is -0.294 e. The standard InChI is InChI=1S/C11H10F2O/c1-7(2)11(14)5-8-3-4-9(12)6-10(8)13/h3-4,6H,1,5H2,2H3. The first-order valence-corrected chi connectivity index (χ1v) is 4.13. The highest BCUT2D eigenvalue weighted by Gasteiger charge is 2.09. The van der Waals surface area contributed by atoms with Crippen molar-refractivity contribution in [3.8, 4) is 0 Å². The van der Waals surface area contributed by atoms with E-state index < -0.39 is 11.6 Å². The third kappa shape index (κ3) is 2.49. The van der Waals surface area contributed by atoms with Gasteiger partial charge in [0.1, 0.15) is 11.6 Å². The molecule has 0 heterocycles. The van der Waals surface area contributed by atoms with Crippen molar-refractivity contribution in [2.24, 2.45) is 0 Å². The number of hydrogen-bond acceptors (Lipinski definition) is 1. The van der Waals surface area contributed by atoms with Crippen molar-refractivity contribution in [3.63, 3.8) is 0 Å². The number of rotatable bonds is 3. The summed E-state index contributed by atoms with van der Waals surface area (Å²) in [6.45, 7) is 5.01. The zero-order chi connectivity index (χ0) is 10.7. The Balaban J connectivity index is 2.87. The van der Waals surface area contributed by atoms with Crippen LogP contribution in [0.15, 0.2) is 30.4 Å². The van der Waals surface area contributed by atoms with Crippen LogP contribution in [0.4, 0.5) is 8.78 Å². The maximum absolute atomic E-state index is 13.1. The molecule has 0 unspecified atom stereocenters. The van der Waals surface area contributed by atoms with Gasteiger partial charge in [0.25, 0.3) is 0 Å². The van der Waals surface area contributed by atoms with Crippen LogP contribution in [0, 0.1) is 11.6 Å². The summed E-state index contributed by atoms with van der Waals surface area (Å²) >= 11 is 0. The Morgan fingerprint density at radius 3 is 2.57 bits per heavy atom. The maximum atomic E-state index is 13.1. The average Bonchev–Trinajstić information content (AvgIpc) is 2.09. The fourth-order valence-corrected chi connectivity index (χ4v) is 0.989. The number of carbonyl (C=O) groups is 1. The van der Waals surface area contributed by atoms with Crippen LogP contribution in [0.5, 0.6) is 0 Å². The number of benzene rings is 1. The van der Waals surface area contributed by atoms with Crippen LogP contribution in [-0.4, -0.2) is 5.78 Å². The molecule has 0 amide bonds. The SMILES string of the molecule is C=C(C)C(=O)Cc1ccc(F)cc1F. The van der Waals surface area contributed by atoms with Gasteiger partial charge in [-0.25, -0.2) is 8.78 Å². The number of halogens is 2. The highest BCUT2D eigenvalue weighted by atomic mass is 19.1. The molecule has 74 valence electrons. The number of ketones is 1. The molecule has 0 bridgehead atoms. The Morgan fingerprint density at radius 1 is 1.43 bits per heavy atom. The van der Waals surface area contributed by atoms with Gasteiger partial charge in [0.2, 0.25) is 0 Å². The average molecular weight is 196 g/mol. The second-order valence-corrected chi connectivity index (χ2v) is 3.12. The molecule has 1 aromatic rings. The molecule has 0 radical (unpaired) electrons. The third-order valence-electron chi connectivity index (χ3n) is 1.84. The van der Waals surface area contributed by atoms with E-state index in [2.05, 4.69) is 6.58 Å². The van der Waals surface area contributed by atoms with Crippen LogP contribution >= 0.6 is 0 Å². The van der Waals surface area contributed by atoms with E-state index in [-0.39, 0.29) is 17.8 Å². The lowest BCUT2D eigenvalue weighted by Gasteiger charge is -2.01. The molecule has 0 fully saturated rings. The van der Waals surface area contributed by atoms with Crippen LogP contribution < -0.4 is 0 Å². The van der Waals surface area contributed by atoms with Crippen molar-refractivity contribution < 1.29 is 13.6 Å². The van der Waals surface area contributed by atoms with Gasteiger partial charge >= 0.3 is 0 Å². The number of allylic oxidation sites excluding steroid dienone is 1. The molecule has 0 saturated carbocycles. The molecule has 1 nitrogen and oxygen atoms in total. The summed E-state index contributed by atoms with van der Waals surface area (Å²) in [4.78, 5) is 11.2. The largest absolute Gasteiger partial charge is 0.294 e. The number of carbonyl (C=O) groups excluding carboxylic acids is 1. The molecule has 0 aliphatic rings. The predicted molar refractivity (Wildman–Crippen MR) is 49.9 cm³/mol. The topological polar surface area (TPSA) is 17.1 Å². The molecule has 0 aromatic heterocycles. The summed E-state index contributed by atoms with van der Waals surface area (Å²) in [5.41, 5.74) is 0.563. The molecule has 0 saturated heterocycles. The van der Waals surface area contributed by atoms with E-state index >= 15 is 0 Å². The van der Waals surface area contributed by atoms with Gasteiger partial charge in [-0.1, -0.05) is 12.6 Å². The van der Waals surface area contributed by atoms with Crippen molar-refractivity contribution in [1.82, 2.24) is 0 Å². The summed E-state index contributed by atoms with van der Waals surface area (Å²) < 4.78 is 25.6. The van der Waals surface area contributed by atoms with Crippen LogP contribution in [0.25, 0.3) is 0 Å². The van der Waals surface area contributed by atoms with Crippen molar-refractivity contribution in [2.75, 3.05) is 0 Å². The quantitative estimate of drug-likeness (QED) is 0.679. The maximum Gasteiger partial charge on any atom is 0.162 e. The summed E-state index contributed by atoms with van der Waals surface area (Å²) in [6.07, 6.45) is -0.0680. The lowest BCUT2D eigenvalue weighted by molar-refractivity contribution is -0.114. The molecular weight excluding hydrogens is 186 g/mol. The second kappa shape index (κ2) is 4.13. The van der Waals surface area contributed by atoms with Crippen LogP contribution in [0.3, 0.4) is 0 Å². The normalized spacial score (nSPS) is 9.93. The molecule has 0 atom stereocenters. The monoisotopic (exact) mass is 196 g/mol. The van der Waals surface area contributed by atoms with E-state index in [1.165, 1.54) is 6.07 Å². The fourth-order valence-electron chi connectivity index (χ4n) is 0.989. The van der Waals surface area contributed by atoms with E-state index in [9.17, 15) is 13.6 Å². The Hall–Kier alpha value is -1.51. The van der Waals surface area contributed by atoms with Crippen LogP contribution in [0.2, 0.25) is 0 Å². The summed E-state index contributed by atoms with van der Waals surface area (Å²) in [5, 5.41) is 0. The minimum atomic E-state index is -0.695. The highest BCUT2D eigenvalue weighted by molar-refractivity contribution is 5.95. The Kier molecular flexibility index (Phi) is 3.12. The zero-order valence-corrected chi connectivity index (χ0v) is 7.81. The molecule has 0 spiro atoms. The van der Waals surface area contributed by atoms with Crippen molar-refractivity contribution >= 4 is 5.78 Å². The van der Waals surface area contributed by atoms with Gasteiger partial charge in [0.15, 0.2) is 5.78 Å². The second-order valence-electron chi connectivity index (χ2n) is 3.12. The van der Waals surface area contributed by atoms with E-state index in [0.29, 0.717) is 5.57 Å². The van der Waals surface area contributed by atoms with Gasteiger partial charge < -0.3 is 0 Å². The Morgan fingerprint density at radius 2 is 2.07 bits per heavy atom. The number of Topliss-reactive ketones (excluding diaryl/α,β-unsaturated/α-hetero) is 1. The van der Waals surface area contributed by atoms with Gasteiger partial charge in [-0.2, -0.15) is 0 Å². The fraction of sp³-hybridized carbons (Fsp3) is 0.182. The molecule has 0 N–H and O–H groups in total. The predicted octanol–water partition coefficient (Wildman–Crippen LogP) is 2.65. The van der Waals surface area contributed by atoms with Crippen molar-refractivity contribution in [3.05, 3.63) is 47.5 Å². The lowest BCUT2D eigenvalue weighted by atomic mass is 10.0. The summed E-state index contributed by atoms with van der Waals surface area (Å²) in [7, 11) is 0. The van der Waals surface area contributed by atoms with Crippen molar-refractivity contribution in [2.45, 2.75) is 13.3 Å². The molecular formula is C11H10F2O. The lowest BCUT2D eigenvalue weighted by Crippen LogP contribution is -2.05. The Labute approximate surface area is 81.1 Å². The van der Waals surface area contributed by atoms with Gasteiger partial charge in [-0.3, -0.25) is 4.79 Å². The van der Waals surface area contributed by atoms with Gasteiger partial charge in [-0.05, 0) is 24.1 Å². The first-order valence-electron chi connectivity index (χ1n) is 4.13. The third-order valence-corrected chi connectivity index (χ3v) is 1.84. The van der Waals surface area contributed by atoms with Crippen LogP contribution in [0.1, 0.15) is 12.5 Å². The summed E-state index contributed by atoms with van der Waals surface area (Å²) in [5.74, 6) is -1.58. The van der Waals surface area contributed by atoms with E-state index in [1.54, 1.807) is 6.92 Å². The summed E-state index contributed by atoms with van der Waals surface area (Å²) in [6, 6.07) is 3.16. The van der Waals surface area contributed by atoms with E-state index in [0.717, 1.165) is 12.1 Å². The Bertz CT molecular complexity index is 383. The van der Waals surface area contributed by atoms with Crippen LogP contribution in [-0.2, 0) is 11.2 Å². The van der Waals surface area contributed by atoms with Gasteiger partial charge in [0.05, 0.1) is 0 Å². The molecule has 1 aromatic carbocycles. The van der Waals surface area contributed by atoms with E-state index in [4.69, 9.17) is 0 Å². The molecule has 0 aliphatic carbocycles. The first kappa shape index (κ1) is 10.6. The first-order chi connectivity index (χ1) is 6.50.